The van der Waals surface area contributed by atoms with Gasteiger partial charge in [-0.2, -0.15) is 0 Å². The molecule has 2 aliphatic heterocycles. The van der Waals surface area contributed by atoms with Gasteiger partial charge in [-0.05, 0) is 43.5 Å². The third-order valence-electron chi connectivity index (χ3n) is 4.88. The maximum atomic E-state index is 12.6. The summed E-state index contributed by atoms with van der Waals surface area (Å²) in [4.78, 5) is 17.1. The van der Waals surface area contributed by atoms with Crippen molar-refractivity contribution in [2.45, 2.75) is 32.7 Å². The number of amides is 1. The van der Waals surface area contributed by atoms with E-state index in [1.165, 1.54) is 17.7 Å². The van der Waals surface area contributed by atoms with Gasteiger partial charge in [0.2, 0.25) is 0 Å². The maximum absolute atomic E-state index is 12.6. The lowest BCUT2D eigenvalue weighted by molar-refractivity contribution is 0.0579. The minimum absolute atomic E-state index is 0.188. The van der Waals surface area contributed by atoms with Crippen molar-refractivity contribution >= 4 is 11.6 Å². The fraction of sp³-hybridized carbons (Fsp3) is 0.588. The van der Waals surface area contributed by atoms with Crippen LogP contribution in [0.5, 0.6) is 0 Å². The van der Waals surface area contributed by atoms with Gasteiger partial charge in [-0.25, -0.2) is 0 Å². The van der Waals surface area contributed by atoms with Crippen molar-refractivity contribution in [1.29, 1.82) is 0 Å². The Morgan fingerprint density at radius 3 is 2.76 bits per heavy atom. The third-order valence-corrected chi connectivity index (χ3v) is 4.88. The van der Waals surface area contributed by atoms with E-state index in [4.69, 9.17) is 0 Å². The first kappa shape index (κ1) is 14.4. The predicted molar refractivity (Wildman–Crippen MR) is 85.9 cm³/mol. The third kappa shape index (κ3) is 2.91. The Morgan fingerprint density at radius 1 is 1.29 bits per heavy atom. The van der Waals surface area contributed by atoms with Gasteiger partial charge >= 0.3 is 0 Å². The molecular weight excluding hydrogens is 262 g/mol. The summed E-state index contributed by atoms with van der Waals surface area (Å²) in [6, 6.07) is 6.69. The minimum atomic E-state index is 0.188. The van der Waals surface area contributed by atoms with E-state index >= 15 is 0 Å². The largest absolute Gasteiger partial charge is 0.384 e. The van der Waals surface area contributed by atoms with Gasteiger partial charge in [-0.3, -0.25) is 9.69 Å². The zero-order valence-corrected chi connectivity index (χ0v) is 13.1. The highest BCUT2D eigenvalue weighted by Crippen LogP contribution is 2.24. The molecule has 0 bridgehead atoms. The minimum Gasteiger partial charge on any atom is -0.384 e. The van der Waals surface area contributed by atoms with Crippen molar-refractivity contribution in [3.8, 4) is 0 Å². The van der Waals surface area contributed by atoms with Crippen LogP contribution in [0.3, 0.4) is 0 Å². The van der Waals surface area contributed by atoms with Crippen molar-refractivity contribution in [3.63, 3.8) is 0 Å². The van der Waals surface area contributed by atoms with Gasteiger partial charge in [0.1, 0.15) is 0 Å². The molecule has 0 aliphatic carbocycles. The van der Waals surface area contributed by atoms with Gasteiger partial charge in [0.25, 0.3) is 5.91 Å². The topological polar surface area (TPSA) is 35.6 Å². The van der Waals surface area contributed by atoms with E-state index in [0.29, 0.717) is 6.04 Å². The summed E-state index contributed by atoms with van der Waals surface area (Å²) < 4.78 is 0. The molecule has 0 aromatic heterocycles. The number of carbonyl (C=O) groups excluding carboxylic acids is 1. The Balaban J connectivity index is 1.64. The van der Waals surface area contributed by atoms with Gasteiger partial charge in [0.05, 0.1) is 0 Å². The first-order chi connectivity index (χ1) is 10.2. The molecule has 114 valence electrons. The fourth-order valence-corrected chi connectivity index (χ4v) is 3.24. The average Bonchev–Trinajstić information content (AvgIpc) is 3.01. The summed E-state index contributed by atoms with van der Waals surface area (Å²) in [7, 11) is 0. The van der Waals surface area contributed by atoms with Gasteiger partial charge in [-0.1, -0.05) is 6.92 Å². The molecule has 1 aromatic carbocycles. The number of anilines is 1. The van der Waals surface area contributed by atoms with E-state index in [0.717, 1.165) is 44.7 Å². The van der Waals surface area contributed by atoms with E-state index < -0.39 is 0 Å². The van der Waals surface area contributed by atoms with Gasteiger partial charge in [0.15, 0.2) is 0 Å². The van der Waals surface area contributed by atoms with E-state index in [1.807, 2.05) is 17.0 Å². The Hall–Kier alpha value is -1.55. The fourth-order valence-electron chi connectivity index (χ4n) is 3.24. The molecule has 1 unspecified atom stereocenters. The Bertz CT molecular complexity index is 521. The SMILES string of the molecule is CCC(C)N1CCN(C(=O)c2ccc3c(c2)CCN3)CC1. The van der Waals surface area contributed by atoms with Crippen LogP contribution in [0.2, 0.25) is 0 Å². The zero-order chi connectivity index (χ0) is 14.8. The van der Waals surface area contributed by atoms with Crippen molar-refractivity contribution < 1.29 is 4.79 Å². The smallest absolute Gasteiger partial charge is 0.253 e. The lowest BCUT2D eigenvalue weighted by Gasteiger charge is -2.37. The molecule has 1 atom stereocenters. The average molecular weight is 287 g/mol. The molecule has 4 nitrogen and oxygen atoms in total. The first-order valence-corrected chi connectivity index (χ1v) is 8.09. The summed E-state index contributed by atoms with van der Waals surface area (Å²) in [5.41, 5.74) is 3.31. The number of rotatable bonds is 3. The molecule has 1 N–H and O–H groups in total. The van der Waals surface area contributed by atoms with Crippen LogP contribution in [0.4, 0.5) is 5.69 Å². The van der Waals surface area contributed by atoms with Crippen molar-refractivity contribution in [2.75, 3.05) is 38.0 Å². The second kappa shape index (κ2) is 6.06. The quantitative estimate of drug-likeness (QED) is 0.926. The van der Waals surface area contributed by atoms with Gasteiger partial charge < -0.3 is 10.2 Å². The highest BCUT2D eigenvalue weighted by molar-refractivity contribution is 5.95. The van der Waals surface area contributed by atoms with E-state index in [1.54, 1.807) is 0 Å². The number of hydrogen-bond acceptors (Lipinski definition) is 3. The van der Waals surface area contributed by atoms with E-state index in [2.05, 4.69) is 30.1 Å². The summed E-state index contributed by atoms with van der Waals surface area (Å²) >= 11 is 0. The van der Waals surface area contributed by atoms with Crippen molar-refractivity contribution in [3.05, 3.63) is 29.3 Å². The summed E-state index contributed by atoms with van der Waals surface area (Å²) in [6.45, 7) is 9.16. The highest BCUT2D eigenvalue weighted by Gasteiger charge is 2.24. The molecule has 3 rings (SSSR count). The number of nitrogens with one attached hydrogen (secondary N) is 1. The number of fused-ring (bicyclic) bond motifs is 1. The monoisotopic (exact) mass is 287 g/mol. The van der Waals surface area contributed by atoms with Gasteiger partial charge in [0, 0.05) is 50.0 Å². The Labute approximate surface area is 127 Å². The first-order valence-electron chi connectivity index (χ1n) is 8.09. The lowest BCUT2D eigenvalue weighted by atomic mass is 10.1. The number of carbonyl (C=O) groups is 1. The molecule has 1 fully saturated rings. The molecule has 0 radical (unpaired) electrons. The molecule has 1 saturated heterocycles. The number of piperazine rings is 1. The van der Waals surface area contributed by atoms with Gasteiger partial charge in [-0.15, -0.1) is 0 Å². The van der Waals surface area contributed by atoms with E-state index in [9.17, 15) is 4.79 Å². The van der Waals surface area contributed by atoms with Crippen LogP contribution in [0, 0.1) is 0 Å². The van der Waals surface area contributed by atoms with Crippen LogP contribution in [-0.4, -0.2) is 54.5 Å². The van der Waals surface area contributed by atoms with Crippen LogP contribution in [-0.2, 0) is 6.42 Å². The molecule has 1 amide bonds. The predicted octanol–water partition coefficient (Wildman–Crippen LogP) is 2.21. The second-order valence-electron chi connectivity index (χ2n) is 6.13. The molecule has 0 spiro atoms. The molecule has 4 heteroatoms. The second-order valence-corrected chi connectivity index (χ2v) is 6.13. The highest BCUT2D eigenvalue weighted by atomic mass is 16.2. The molecule has 2 heterocycles. The van der Waals surface area contributed by atoms with E-state index in [-0.39, 0.29) is 5.91 Å². The van der Waals surface area contributed by atoms with Crippen LogP contribution < -0.4 is 5.32 Å². The summed E-state index contributed by atoms with van der Waals surface area (Å²) in [6.07, 6.45) is 2.20. The standard InChI is InChI=1S/C17H25N3O/c1-3-13(2)19-8-10-20(11-9-19)17(21)15-4-5-16-14(12-15)6-7-18-16/h4-5,12-13,18H,3,6-11H2,1-2H3. The maximum Gasteiger partial charge on any atom is 0.253 e. The molecule has 0 saturated carbocycles. The molecule has 21 heavy (non-hydrogen) atoms. The zero-order valence-electron chi connectivity index (χ0n) is 13.1. The Kier molecular flexibility index (Phi) is 4.15. The van der Waals surface area contributed by atoms with Crippen LogP contribution >= 0.6 is 0 Å². The number of benzene rings is 1. The lowest BCUT2D eigenvalue weighted by Crippen LogP contribution is -2.51. The molecule has 2 aliphatic rings. The van der Waals surface area contributed by atoms with Crippen molar-refractivity contribution in [2.24, 2.45) is 0 Å². The summed E-state index contributed by atoms with van der Waals surface area (Å²) in [5.74, 6) is 0.188. The molecular formula is C17H25N3O. The normalized spacial score (nSPS) is 20.0. The molecule has 1 aromatic rings. The van der Waals surface area contributed by atoms with Crippen LogP contribution in [0.1, 0.15) is 36.2 Å². The van der Waals surface area contributed by atoms with Crippen LogP contribution in [0.25, 0.3) is 0 Å². The van der Waals surface area contributed by atoms with Crippen LogP contribution in [0.15, 0.2) is 18.2 Å². The Morgan fingerprint density at radius 2 is 2.05 bits per heavy atom. The number of nitrogens with zero attached hydrogens (tertiary/aromatic N) is 2. The summed E-state index contributed by atoms with van der Waals surface area (Å²) in [5, 5.41) is 3.34. The number of hydrogen-bond donors (Lipinski definition) is 1. The van der Waals surface area contributed by atoms with Crippen molar-refractivity contribution in [1.82, 2.24) is 9.80 Å².